The van der Waals surface area contributed by atoms with Crippen LogP contribution in [0.1, 0.15) is 13.3 Å². The van der Waals surface area contributed by atoms with Crippen molar-refractivity contribution in [1.29, 1.82) is 0 Å². The molecule has 1 N–H and O–H groups in total. The summed E-state index contributed by atoms with van der Waals surface area (Å²) in [6, 6.07) is 11.7. The van der Waals surface area contributed by atoms with E-state index in [1.54, 1.807) is 0 Å². The van der Waals surface area contributed by atoms with Gasteiger partial charge in [0.05, 0.1) is 4.83 Å². The molecule has 1 atom stereocenters. The van der Waals surface area contributed by atoms with Crippen molar-refractivity contribution in [3.8, 4) is 5.69 Å². The molecule has 18 heavy (non-hydrogen) atoms. The number of rotatable bonds is 4. The van der Waals surface area contributed by atoms with Crippen LogP contribution in [-0.2, 0) is 4.79 Å². The third-order valence-electron chi connectivity index (χ3n) is 2.66. The molecule has 1 aromatic heterocycles. The Morgan fingerprint density at radius 2 is 2.06 bits per heavy atom. The largest absolute Gasteiger partial charge is 0.325 e. The van der Waals surface area contributed by atoms with Crippen molar-refractivity contribution < 1.29 is 4.79 Å². The minimum atomic E-state index is -0.146. The highest BCUT2D eigenvalue weighted by molar-refractivity contribution is 9.10. The molecule has 4 heteroatoms. The number of amides is 1. The van der Waals surface area contributed by atoms with Crippen molar-refractivity contribution in [2.45, 2.75) is 18.2 Å². The average molecular weight is 307 g/mol. The van der Waals surface area contributed by atoms with Crippen molar-refractivity contribution in [3.63, 3.8) is 0 Å². The highest BCUT2D eigenvalue weighted by Gasteiger charge is 2.12. The molecule has 0 spiro atoms. The van der Waals surface area contributed by atoms with E-state index in [0.717, 1.165) is 17.8 Å². The van der Waals surface area contributed by atoms with Gasteiger partial charge in [0, 0.05) is 23.8 Å². The van der Waals surface area contributed by atoms with Gasteiger partial charge >= 0.3 is 0 Å². The summed E-state index contributed by atoms with van der Waals surface area (Å²) in [4.78, 5) is 11.6. The van der Waals surface area contributed by atoms with Crippen LogP contribution in [0.4, 0.5) is 5.69 Å². The number of benzene rings is 1. The Bertz CT molecular complexity index is 522. The Kier molecular flexibility index (Phi) is 4.20. The Labute approximate surface area is 115 Å². The minimum absolute atomic E-state index is 0.0119. The van der Waals surface area contributed by atoms with Gasteiger partial charge in [-0.05, 0) is 36.8 Å². The van der Waals surface area contributed by atoms with E-state index in [2.05, 4.69) is 21.2 Å². The van der Waals surface area contributed by atoms with Gasteiger partial charge < -0.3 is 9.88 Å². The topological polar surface area (TPSA) is 34.0 Å². The third-order valence-corrected chi connectivity index (χ3v) is 3.72. The van der Waals surface area contributed by atoms with E-state index in [1.165, 1.54) is 0 Å². The Balaban J connectivity index is 2.16. The van der Waals surface area contributed by atoms with Crippen LogP contribution in [0.3, 0.4) is 0 Å². The third kappa shape index (κ3) is 3.01. The predicted molar refractivity (Wildman–Crippen MR) is 77.4 cm³/mol. The quantitative estimate of drug-likeness (QED) is 0.861. The summed E-state index contributed by atoms with van der Waals surface area (Å²) in [7, 11) is 0. The maximum atomic E-state index is 11.8. The minimum Gasteiger partial charge on any atom is -0.325 e. The standard InChI is InChI=1S/C14H15BrN2O/c1-2-13(15)14(18)16-11-6-5-7-12(10-11)17-8-3-4-9-17/h3-10,13H,2H2,1H3,(H,16,18). The number of aromatic nitrogens is 1. The summed E-state index contributed by atoms with van der Waals surface area (Å²) in [5.74, 6) is -0.0119. The molecular formula is C14H15BrN2O. The van der Waals surface area contributed by atoms with Gasteiger partial charge in [0.25, 0.3) is 0 Å². The molecule has 94 valence electrons. The first kappa shape index (κ1) is 12.9. The van der Waals surface area contributed by atoms with Crippen LogP contribution in [0.25, 0.3) is 5.69 Å². The fourth-order valence-electron chi connectivity index (χ4n) is 1.66. The zero-order chi connectivity index (χ0) is 13.0. The van der Waals surface area contributed by atoms with Crippen molar-refractivity contribution in [2.24, 2.45) is 0 Å². The molecule has 0 saturated heterocycles. The highest BCUT2D eigenvalue weighted by atomic mass is 79.9. The maximum absolute atomic E-state index is 11.8. The van der Waals surface area contributed by atoms with Crippen molar-refractivity contribution in [1.82, 2.24) is 4.57 Å². The molecule has 2 rings (SSSR count). The number of alkyl halides is 1. The second-order valence-corrected chi connectivity index (χ2v) is 5.11. The van der Waals surface area contributed by atoms with Gasteiger partial charge in [0.2, 0.25) is 5.91 Å². The first-order chi connectivity index (χ1) is 8.70. The molecule has 2 aromatic rings. The van der Waals surface area contributed by atoms with Gasteiger partial charge in [0.1, 0.15) is 0 Å². The van der Waals surface area contributed by atoms with E-state index < -0.39 is 0 Å². The lowest BCUT2D eigenvalue weighted by Crippen LogP contribution is -2.21. The number of nitrogens with zero attached hydrogens (tertiary/aromatic N) is 1. The molecule has 0 radical (unpaired) electrons. The molecule has 0 saturated carbocycles. The SMILES string of the molecule is CCC(Br)C(=O)Nc1cccc(-n2cccc2)c1. The van der Waals surface area contributed by atoms with Crippen LogP contribution in [0.15, 0.2) is 48.8 Å². The fraction of sp³-hybridized carbons (Fsp3) is 0.214. The van der Waals surface area contributed by atoms with E-state index in [1.807, 2.05) is 60.3 Å². The van der Waals surface area contributed by atoms with Gasteiger partial charge in [-0.25, -0.2) is 0 Å². The van der Waals surface area contributed by atoms with Crippen molar-refractivity contribution in [3.05, 3.63) is 48.8 Å². The van der Waals surface area contributed by atoms with Crippen LogP contribution in [0, 0.1) is 0 Å². The molecule has 3 nitrogen and oxygen atoms in total. The summed E-state index contributed by atoms with van der Waals surface area (Å²) < 4.78 is 2.00. The molecule has 0 aliphatic carbocycles. The summed E-state index contributed by atoms with van der Waals surface area (Å²) in [5, 5.41) is 2.90. The number of hydrogen-bond donors (Lipinski definition) is 1. The Morgan fingerprint density at radius 3 is 2.72 bits per heavy atom. The first-order valence-corrected chi connectivity index (χ1v) is 6.80. The van der Waals surface area contributed by atoms with Gasteiger partial charge in [-0.1, -0.05) is 28.9 Å². The molecule has 1 aromatic carbocycles. The zero-order valence-electron chi connectivity index (χ0n) is 10.1. The number of hydrogen-bond acceptors (Lipinski definition) is 1. The number of anilines is 1. The van der Waals surface area contributed by atoms with Crippen molar-refractivity contribution >= 4 is 27.5 Å². The molecule has 0 fully saturated rings. The second-order valence-electron chi connectivity index (χ2n) is 4.01. The molecule has 0 aliphatic heterocycles. The second kappa shape index (κ2) is 5.87. The number of carbonyl (C=O) groups excluding carboxylic acids is 1. The molecule has 0 bridgehead atoms. The van der Waals surface area contributed by atoms with E-state index in [0.29, 0.717) is 0 Å². The molecule has 1 unspecified atom stereocenters. The van der Waals surface area contributed by atoms with E-state index >= 15 is 0 Å². The maximum Gasteiger partial charge on any atom is 0.238 e. The highest BCUT2D eigenvalue weighted by Crippen LogP contribution is 2.16. The Hall–Kier alpha value is -1.55. The van der Waals surface area contributed by atoms with Crippen LogP contribution >= 0.6 is 15.9 Å². The van der Waals surface area contributed by atoms with Gasteiger partial charge in [-0.2, -0.15) is 0 Å². The lowest BCUT2D eigenvalue weighted by molar-refractivity contribution is -0.115. The fourth-order valence-corrected chi connectivity index (χ4v) is 1.77. The van der Waals surface area contributed by atoms with Crippen molar-refractivity contribution in [2.75, 3.05) is 5.32 Å². The van der Waals surface area contributed by atoms with Gasteiger partial charge in [-0.3, -0.25) is 4.79 Å². The number of nitrogens with one attached hydrogen (secondary N) is 1. The normalized spacial score (nSPS) is 12.1. The van der Waals surface area contributed by atoms with Gasteiger partial charge in [-0.15, -0.1) is 0 Å². The lowest BCUT2D eigenvalue weighted by atomic mass is 10.2. The van der Waals surface area contributed by atoms with E-state index in [-0.39, 0.29) is 10.7 Å². The average Bonchev–Trinajstić information content (AvgIpc) is 2.92. The van der Waals surface area contributed by atoms with Crippen LogP contribution in [-0.4, -0.2) is 15.3 Å². The predicted octanol–water partition coefficient (Wildman–Crippen LogP) is 3.59. The smallest absolute Gasteiger partial charge is 0.238 e. The monoisotopic (exact) mass is 306 g/mol. The molecule has 1 heterocycles. The summed E-state index contributed by atoms with van der Waals surface area (Å²) in [5.41, 5.74) is 1.84. The van der Waals surface area contributed by atoms with Crippen LogP contribution in [0.5, 0.6) is 0 Å². The number of halogens is 1. The van der Waals surface area contributed by atoms with E-state index in [4.69, 9.17) is 0 Å². The van der Waals surface area contributed by atoms with Crippen LogP contribution in [0.2, 0.25) is 0 Å². The van der Waals surface area contributed by atoms with E-state index in [9.17, 15) is 4.79 Å². The summed E-state index contributed by atoms with van der Waals surface area (Å²) >= 11 is 3.34. The molecule has 1 amide bonds. The van der Waals surface area contributed by atoms with Crippen LogP contribution < -0.4 is 5.32 Å². The number of carbonyl (C=O) groups is 1. The lowest BCUT2D eigenvalue weighted by Gasteiger charge is -2.10. The summed E-state index contributed by atoms with van der Waals surface area (Å²) in [6.07, 6.45) is 4.71. The zero-order valence-corrected chi connectivity index (χ0v) is 11.7. The molecule has 0 aliphatic rings. The Morgan fingerprint density at radius 1 is 1.33 bits per heavy atom. The molecular weight excluding hydrogens is 292 g/mol. The van der Waals surface area contributed by atoms with Gasteiger partial charge in [0.15, 0.2) is 0 Å². The summed E-state index contributed by atoms with van der Waals surface area (Å²) in [6.45, 7) is 1.97. The first-order valence-electron chi connectivity index (χ1n) is 5.89.